The van der Waals surface area contributed by atoms with Gasteiger partial charge in [-0.3, -0.25) is 4.72 Å². The summed E-state index contributed by atoms with van der Waals surface area (Å²) in [5.74, 6) is -2.66. The number of phenols is 1. The summed E-state index contributed by atoms with van der Waals surface area (Å²) in [6.07, 6.45) is 0. The van der Waals surface area contributed by atoms with Crippen molar-refractivity contribution in [1.29, 1.82) is 0 Å². The average molecular weight is 464 g/mol. The first-order valence-electron chi connectivity index (χ1n) is 8.60. The van der Waals surface area contributed by atoms with Crippen molar-refractivity contribution in [3.05, 3.63) is 71.3 Å². The number of phenolic OH excluding ortho intramolecular Hbond substituents is 1. The van der Waals surface area contributed by atoms with Gasteiger partial charge in [0.15, 0.2) is 11.6 Å². The maximum atomic E-state index is 14.4. The predicted octanol–water partition coefficient (Wildman–Crippen LogP) is 3.97. The fraction of sp³-hybridized carbons (Fsp3) is 0. The van der Waals surface area contributed by atoms with E-state index in [4.69, 9.17) is 11.6 Å². The molecule has 0 unspecified atom stereocenters. The lowest BCUT2D eigenvalue weighted by Gasteiger charge is -2.14. The number of aromatic nitrogens is 4. The van der Waals surface area contributed by atoms with Crippen LogP contribution >= 0.6 is 11.6 Å². The Kier molecular flexibility index (Phi) is 5.29. The molecule has 0 spiro atoms. The van der Waals surface area contributed by atoms with E-state index in [1.165, 1.54) is 6.07 Å². The van der Waals surface area contributed by atoms with Gasteiger partial charge >= 0.3 is 0 Å². The van der Waals surface area contributed by atoms with Crippen molar-refractivity contribution in [1.82, 2.24) is 20.6 Å². The summed E-state index contributed by atoms with van der Waals surface area (Å²) in [6.45, 7) is 0. The highest BCUT2D eigenvalue weighted by molar-refractivity contribution is 7.92. The molecule has 0 amide bonds. The second-order valence-electron chi connectivity index (χ2n) is 6.34. The van der Waals surface area contributed by atoms with Gasteiger partial charge in [-0.15, -0.1) is 5.10 Å². The SMILES string of the molecule is O=S(=O)(Nc1cc(-c2ccccc2)c(F)cc1F)c1cc(-c2nnn[nH]2)cc(Cl)c1O. The second-order valence-corrected chi connectivity index (χ2v) is 8.40. The quantitative estimate of drug-likeness (QED) is 0.412. The summed E-state index contributed by atoms with van der Waals surface area (Å²) in [5, 5.41) is 22.8. The topological polar surface area (TPSA) is 121 Å². The number of nitrogens with zero attached hydrogens (tertiary/aromatic N) is 3. The van der Waals surface area contributed by atoms with Gasteiger partial charge in [-0.2, -0.15) is 0 Å². The molecule has 0 aliphatic carbocycles. The standard InChI is InChI=1S/C19H12ClF2N5O3S/c20-13-6-11(19-23-26-27-24-19)7-17(18(13)28)31(29,30)25-16-8-12(14(21)9-15(16)22)10-4-2-1-3-5-10/h1-9,25,28H,(H,23,24,26,27). The highest BCUT2D eigenvalue weighted by Gasteiger charge is 2.25. The van der Waals surface area contributed by atoms with Crippen LogP contribution in [0.25, 0.3) is 22.5 Å². The molecule has 0 saturated heterocycles. The van der Waals surface area contributed by atoms with Gasteiger partial charge in [0.1, 0.15) is 16.5 Å². The third kappa shape index (κ3) is 4.05. The minimum Gasteiger partial charge on any atom is -0.505 e. The van der Waals surface area contributed by atoms with Gasteiger partial charge in [-0.1, -0.05) is 41.9 Å². The predicted molar refractivity (Wildman–Crippen MR) is 109 cm³/mol. The van der Waals surface area contributed by atoms with Crippen LogP contribution < -0.4 is 4.72 Å². The number of aromatic hydroxyl groups is 1. The number of anilines is 1. The van der Waals surface area contributed by atoms with Crippen molar-refractivity contribution in [2.24, 2.45) is 0 Å². The lowest BCUT2D eigenvalue weighted by atomic mass is 10.0. The van der Waals surface area contributed by atoms with Crippen molar-refractivity contribution >= 4 is 27.3 Å². The summed E-state index contributed by atoms with van der Waals surface area (Å²) in [5.41, 5.74) is 0.0647. The van der Waals surface area contributed by atoms with Crippen molar-refractivity contribution in [2.45, 2.75) is 4.90 Å². The Morgan fingerprint density at radius 2 is 1.74 bits per heavy atom. The Balaban J connectivity index is 1.78. The first-order chi connectivity index (χ1) is 14.8. The van der Waals surface area contributed by atoms with Gasteiger partial charge in [0, 0.05) is 17.2 Å². The molecular weight excluding hydrogens is 452 g/mol. The van der Waals surface area contributed by atoms with Crippen molar-refractivity contribution < 1.29 is 22.3 Å². The van der Waals surface area contributed by atoms with E-state index in [0.717, 1.165) is 12.1 Å². The molecule has 31 heavy (non-hydrogen) atoms. The smallest absolute Gasteiger partial charge is 0.265 e. The third-order valence-corrected chi connectivity index (χ3v) is 5.99. The molecule has 0 atom stereocenters. The van der Waals surface area contributed by atoms with Crippen LogP contribution in [0.15, 0.2) is 59.5 Å². The molecule has 3 aromatic carbocycles. The zero-order chi connectivity index (χ0) is 22.2. The van der Waals surface area contributed by atoms with Crippen LogP contribution in [0.2, 0.25) is 5.02 Å². The fourth-order valence-corrected chi connectivity index (χ4v) is 4.34. The van der Waals surface area contributed by atoms with Crippen LogP contribution in [0.3, 0.4) is 0 Å². The molecule has 4 rings (SSSR count). The number of halogens is 3. The Labute approximate surface area is 179 Å². The molecule has 3 N–H and O–H groups in total. The number of H-pyrrole nitrogens is 1. The summed E-state index contributed by atoms with van der Waals surface area (Å²) < 4.78 is 56.6. The number of hydrogen-bond donors (Lipinski definition) is 3. The lowest BCUT2D eigenvalue weighted by Crippen LogP contribution is -2.15. The Morgan fingerprint density at radius 1 is 1.00 bits per heavy atom. The molecule has 0 bridgehead atoms. The van der Waals surface area contributed by atoms with Gasteiger partial charge < -0.3 is 5.11 Å². The molecule has 12 heteroatoms. The molecule has 0 saturated carbocycles. The van der Waals surface area contributed by atoms with E-state index >= 15 is 0 Å². The van der Waals surface area contributed by atoms with E-state index in [1.54, 1.807) is 30.3 Å². The largest absolute Gasteiger partial charge is 0.505 e. The van der Waals surface area contributed by atoms with Gasteiger partial charge in [0.05, 0.1) is 10.7 Å². The molecule has 8 nitrogen and oxygen atoms in total. The summed E-state index contributed by atoms with van der Waals surface area (Å²) >= 11 is 5.95. The number of nitrogens with one attached hydrogen (secondary N) is 2. The molecule has 1 heterocycles. The number of sulfonamides is 1. The van der Waals surface area contributed by atoms with Gasteiger partial charge in [0.25, 0.3) is 10.0 Å². The maximum Gasteiger partial charge on any atom is 0.265 e. The Morgan fingerprint density at radius 3 is 2.42 bits per heavy atom. The van der Waals surface area contributed by atoms with E-state index < -0.39 is 38.0 Å². The summed E-state index contributed by atoms with van der Waals surface area (Å²) in [7, 11) is -4.54. The first-order valence-corrected chi connectivity index (χ1v) is 10.5. The monoisotopic (exact) mass is 463 g/mol. The zero-order valence-corrected chi connectivity index (χ0v) is 16.9. The number of benzene rings is 3. The number of aromatic amines is 1. The van der Waals surface area contributed by atoms with Crippen molar-refractivity contribution in [3.8, 4) is 28.3 Å². The Hall–Kier alpha value is -3.57. The van der Waals surface area contributed by atoms with Crippen LogP contribution in [0, 0.1) is 11.6 Å². The van der Waals surface area contributed by atoms with Crippen LogP contribution in [-0.4, -0.2) is 34.1 Å². The molecule has 158 valence electrons. The summed E-state index contributed by atoms with van der Waals surface area (Å²) in [6, 6.07) is 12.1. The van der Waals surface area contributed by atoms with Crippen LogP contribution in [0.4, 0.5) is 14.5 Å². The minimum absolute atomic E-state index is 0.0107. The van der Waals surface area contributed by atoms with Crippen LogP contribution in [-0.2, 0) is 10.0 Å². The highest BCUT2D eigenvalue weighted by Crippen LogP contribution is 2.37. The number of tetrazole rings is 1. The fourth-order valence-electron chi connectivity index (χ4n) is 2.86. The molecule has 0 aliphatic rings. The highest BCUT2D eigenvalue weighted by atomic mass is 35.5. The van der Waals surface area contributed by atoms with Gasteiger partial charge in [-0.25, -0.2) is 22.3 Å². The Bertz CT molecular complexity index is 1370. The molecule has 0 radical (unpaired) electrons. The first kappa shape index (κ1) is 20.7. The number of hydrogen-bond acceptors (Lipinski definition) is 6. The molecule has 4 aromatic rings. The molecule has 1 aromatic heterocycles. The van der Waals surface area contributed by atoms with E-state index in [-0.39, 0.29) is 22.0 Å². The normalized spacial score (nSPS) is 11.5. The molecular formula is C19H12ClF2N5O3S. The van der Waals surface area contributed by atoms with E-state index in [2.05, 4.69) is 20.6 Å². The third-order valence-electron chi connectivity index (χ3n) is 4.32. The van der Waals surface area contributed by atoms with E-state index in [9.17, 15) is 22.3 Å². The van der Waals surface area contributed by atoms with E-state index in [0.29, 0.717) is 11.6 Å². The second kappa shape index (κ2) is 7.93. The minimum atomic E-state index is -4.54. The van der Waals surface area contributed by atoms with Gasteiger partial charge in [0.2, 0.25) is 0 Å². The van der Waals surface area contributed by atoms with E-state index in [1.807, 2.05) is 4.72 Å². The average Bonchev–Trinajstić information content (AvgIpc) is 3.27. The number of rotatable bonds is 5. The molecule has 0 fully saturated rings. The van der Waals surface area contributed by atoms with Crippen molar-refractivity contribution in [3.63, 3.8) is 0 Å². The van der Waals surface area contributed by atoms with Crippen LogP contribution in [0.1, 0.15) is 0 Å². The lowest BCUT2D eigenvalue weighted by molar-refractivity contribution is 0.459. The van der Waals surface area contributed by atoms with Gasteiger partial charge in [-0.05, 0) is 34.2 Å². The zero-order valence-electron chi connectivity index (χ0n) is 15.3. The maximum absolute atomic E-state index is 14.4. The van der Waals surface area contributed by atoms with Crippen molar-refractivity contribution in [2.75, 3.05) is 4.72 Å². The molecule has 0 aliphatic heterocycles. The summed E-state index contributed by atoms with van der Waals surface area (Å²) in [4.78, 5) is -0.642. The van der Waals surface area contributed by atoms with Crippen LogP contribution in [0.5, 0.6) is 5.75 Å².